The van der Waals surface area contributed by atoms with Crippen LogP contribution in [0.15, 0.2) is 4.52 Å². The third-order valence-corrected chi connectivity index (χ3v) is 4.15. The zero-order chi connectivity index (χ0) is 15.9. The average Bonchev–Trinajstić information content (AvgIpc) is 3.16. The van der Waals surface area contributed by atoms with Crippen LogP contribution in [0.4, 0.5) is 0 Å². The molecule has 1 aromatic rings. The SMILES string of the molecule is CC(C)c1noc(CCCC(=O)NC[C@H](C)N2CCCC2)n1. The highest BCUT2D eigenvalue weighted by Gasteiger charge is 2.18. The van der Waals surface area contributed by atoms with E-state index in [1.807, 2.05) is 13.8 Å². The number of aromatic nitrogens is 2. The maximum atomic E-state index is 11.9. The van der Waals surface area contributed by atoms with Gasteiger partial charge in [-0.05, 0) is 39.3 Å². The Morgan fingerprint density at radius 3 is 2.68 bits per heavy atom. The van der Waals surface area contributed by atoms with Gasteiger partial charge in [0.05, 0.1) is 0 Å². The number of likely N-dealkylation sites (tertiary alicyclic amines) is 1. The molecular weight excluding hydrogens is 280 g/mol. The predicted octanol–water partition coefficient (Wildman–Crippen LogP) is 2.12. The van der Waals surface area contributed by atoms with Gasteiger partial charge in [0, 0.05) is 31.3 Å². The summed E-state index contributed by atoms with van der Waals surface area (Å²) in [5.74, 6) is 1.74. The first kappa shape index (κ1) is 16.9. The zero-order valence-corrected chi connectivity index (χ0v) is 14.0. The third-order valence-electron chi connectivity index (χ3n) is 4.15. The molecule has 0 aromatic carbocycles. The summed E-state index contributed by atoms with van der Waals surface area (Å²) in [6.07, 6.45) is 4.46. The molecule has 6 nitrogen and oxygen atoms in total. The lowest BCUT2D eigenvalue weighted by molar-refractivity contribution is -0.121. The van der Waals surface area contributed by atoms with Crippen LogP contribution in [0.3, 0.4) is 0 Å². The molecule has 6 heteroatoms. The first-order valence-corrected chi connectivity index (χ1v) is 8.39. The van der Waals surface area contributed by atoms with Crippen molar-refractivity contribution in [1.82, 2.24) is 20.4 Å². The number of nitrogens with zero attached hydrogens (tertiary/aromatic N) is 3. The number of hydrogen-bond acceptors (Lipinski definition) is 5. The topological polar surface area (TPSA) is 71.3 Å². The minimum atomic E-state index is 0.106. The summed E-state index contributed by atoms with van der Waals surface area (Å²) in [6, 6.07) is 0.427. The van der Waals surface area contributed by atoms with Crippen LogP contribution < -0.4 is 5.32 Å². The van der Waals surface area contributed by atoms with Gasteiger partial charge >= 0.3 is 0 Å². The van der Waals surface area contributed by atoms with Crippen LogP contribution in [-0.4, -0.2) is 46.6 Å². The number of aryl methyl sites for hydroxylation is 1. The van der Waals surface area contributed by atoms with Crippen molar-refractivity contribution in [2.45, 2.75) is 64.8 Å². The Balaban J connectivity index is 1.60. The van der Waals surface area contributed by atoms with E-state index in [1.165, 1.54) is 12.8 Å². The van der Waals surface area contributed by atoms with Crippen molar-refractivity contribution >= 4 is 5.91 Å². The second-order valence-corrected chi connectivity index (χ2v) is 6.45. The monoisotopic (exact) mass is 308 g/mol. The normalized spacial score (nSPS) is 17.1. The molecule has 0 spiro atoms. The van der Waals surface area contributed by atoms with E-state index in [2.05, 4.69) is 27.3 Å². The molecule has 1 N–H and O–H groups in total. The molecule has 0 radical (unpaired) electrons. The standard InChI is InChI=1S/C16H28N4O2/c1-12(2)16-18-15(22-19-16)8-6-7-14(21)17-11-13(3)20-9-4-5-10-20/h12-13H,4-11H2,1-3H3,(H,17,21)/t13-/m0/s1. The molecule has 22 heavy (non-hydrogen) atoms. The fraction of sp³-hybridized carbons (Fsp3) is 0.812. The van der Waals surface area contributed by atoms with Crippen molar-refractivity contribution in [1.29, 1.82) is 0 Å². The van der Waals surface area contributed by atoms with E-state index < -0.39 is 0 Å². The highest BCUT2D eigenvalue weighted by molar-refractivity contribution is 5.75. The number of carbonyl (C=O) groups is 1. The minimum absolute atomic E-state index is 0.106. The molecule has 1 aliphatic rings. The Hall–Kier alpha value is -1.43. The van der Waals surface area contributed by atoms with Crippen LogP contribution in [0.2, 0.25) is 0 Å². The molecule has 0 saturated carbocycles. The molecule has 1 aromatic heterocycles. The van der Waals surface area contributed by atoms with E-state index in [0.717, 1.165) is 31.9 Å². The van der Waals surface area contributed by atoms with Gasteiger partial charge < -0.3 is 9.84 Å². The molecule has 1 amide bonds. The number of nitrogens with one attached hydrogen (secondary N) is 1. The van der Waals surface area contributed by atoms with Crippen LogP contribution in [0, 0.1) is 0 Å². The van der Waals surface area contributed by atoms with Gasteiger partial charge in [0.25, 0.3) is 0 Å². The summed E-state index contributed by atoms with van der Waals surface area (Å²) in [4.78, 5) is 18.6. The van der Waals surface area contributed by atoms with Crippen molar-refractivity contribution in [3.8, 4) is 0 Å². The zero-order valence-electron chi connectivity index (χ0n) is 14.0. The van der Waals surface area contributed by atoms with Gasteiger partial charge in [0.15, 0.2) is 5.82 Å². The lowest BCUT2D eigenvalue weighted by atomic mass is 10.2. The van der Waals surface area contributed by atoms with Crippen LogP contribution in [0.25, 0.3) is 0 Å². The van der Waals surface area contributed by atoms with Crippen molar-refractivity contribution in [2.75, 3.05) is 19.6 Å². The maximum absolute atomic E-state index is 11.9. The number of hydrogen-bond donors (Lipinski definition) is 1. The average molecular weight is 308 g/mol. The smallest absolute Gasteiger partial charge is 0.226 e. The summed E-state index contributed by atoms with van der Waals surface area (Å²) in [6.45, 7) is 9.29. The Kier molecular flexibility index (Phi) is 6.36. The second kappa shape index (κ2) is 8.27. The fourth-order valence-corrected chi connectivity index (χ4v) is 2.67. The van der Waals surface area contributed by atoms with Crippen LogP contribution >= 0.6 is 0 Å². The summed E-state index contributed by atoms with van der Waals surface area (Å²) < 4.78 is 5.17. The molecule has 0 bridgehead atoms. The molecule has 2 rings (SSSR count). The van der Waals surface area contributed by atoms with Gasteiger partial charge in [-0.15, -0.1) is 0 Å². The molecule has 1 aliphatic heterocycles. The van der Waals surface area contributed by atoms with E-state index in [-0.39, 0.29) is 11.8 Å². The van der Waals surface area contributed by atoms with E-state index in [9.17, 15) is 4.79 Å². The van der Waals surface area contributed by atoms with Crippen molar-refractivity contribution in [3.05, 3.63) is 11.7 Å². The first-order valence-electron chi connectivity index (χ1n) is 8.39. The molecule has 0 aliphatic carbocycles. The maximum Gasteiger partial charge on any atom is 0.226 e. The van der Waals surface area contributed by atoms with Crippen LogP contribution in [0.5, 0.6) is 0 Å². The molecule has 0 unspecified atom stereocenters. The van der Waals surface area contributed by atoms with Gasteiger partial charge in [-0.25, -0.2) is 0 Å². The number of carbonyl (C=O) groups excluding carboxylic acids is 1. The highest BCUT2D eigenvalue weighted by atomic mass is 16.5. The first-order chi connectivity index (χ1) is 10.6. The summed E-state index contributed by atoms with van der Waals surface area (Å²) >= 11 is 0. The Morgan fingerprint density at radius 2 is 2.05 bits per heavy atom. The molecule has 1 fully saturated rings. The molecule has 1 atom stereocenters. The highest BCUT2D eigenvalue weighted by Crippen LogP contribution is 2.12. The Labute approximate surface area is 132 Å². The van der Waals surface area contributed by atoms with E-state index >= 15 is 0 Å². The predicted molar refractivity (Wildman–Crippen MR) is 84.6 cm³/mol. The van der Waals surface area contributed by atoms with Gasteiger partial charge in [-0.3, -0.25) is 9.69 Å². The van der Waals surface area contributed by atoms with E-state index in [4.69, 9.17) is 4.52 Å². The number of amides is 1. The quantitative estimate of drug-likeness (QED) is 0.796. The van der Waals surface area contributed by atoms with Gasteiger partial charge in [0.1, 0.15) is 0 Å². The van der Waals surface area contributed by atoms with Crippen molar-refractivity contribution < 1.29 is 9.32 Å². The van der Waals surface area contributed by atoms with Gasteiger partial charge in [-0.2, -0.15) is 4.98 Å². The van der Waals surface area contributed by atoms with Crippen LogP contribution in [-0.2, 0) is 11.2 Å². The summed E-state index contributed by atoms with van der Waals surface area (Å²) in [5.41, 5.74) is 0. The van der Waals surface area contributed by atoms with Crippen LogP contribution in [0.1, 0.15) is 64.1 Å². The molecular formula is C16H28N4O2. The number of rotatable bonds is 8. The second-order valence-electron chi connectivity index (χ2n) is 6.45. The van der Waals surface area contributed by atoms with E-state index in [1.54, 1.807) is 0 Å². The Bertz CT molecular complexity index is 466. The lowest BCUT2D eigenvalue weighted by Crippen LogP contribution is -2.40. The van der Waals surface area contributed by atoms with E-state index in [0.29, 0.717) is 24.8 Å². The minimum Gasteiger partial charge on any atom is -0.355 e. The van der Waals surface area contributed by atoms with Gasteiger partial charge in [0.2, 0.25) is 11.8 Å². The largest absolute Gasteiger partial charge is 0.355 e. The summed E-state index contributed by atoms with van der Waals surface area (Å²) in [5, 5.41) is 6.95. The molecule has 124 valence electrons. The lowest BCUT2D eigenvalue weighted by Gasteiger charge is -2.23. The Morgan fingerprint density at radius 1 is 1.32 bits per heavy atom. The fourth-order valence-electron chi connectivity index (χ4n) is 2.67. The molecule has 2 heterocycles. The van der Waals surface area contributed by atoms with Crippen molar-refractivity contribution in [2.24, 2.45) is 0 Å². The summed E-state index contributed by atoms with van der Waals surface area (Å²) in [7, 11) is 0. The third kappa shape index (κ3) is 5.09. The molecule has 1 saturated heterocycles. The van der Waals surface area contributed by atoms with Crippen molar-refractivity contribution in [3.63, 3.8) is 0 Å². The van der Waals surface area contributed by atoms with Gasteiger partial charge in [-0.1, -0.05) is 19.0 Å².